The van der Waals surface area contributed by atoms with Crippen LogP contribution >= 0.6 is 0 Å². The van der Waals surface area contributed by atoms with E-state index in [1.807, 2.05) is 0 Å². The van der Waals surface area contributed by atoms with Crippen LogP contribution in [0.1, 0.15) is 42.7 Å². The Kier molecular flexibility index (Phi) is 5.51. The number of piperidine rings is 1. The SMILES string of the molecule is NC(C(=O)NCC1CCCc2ccccc21)C1CCN(C=O)CC1. The van der Waals surface area contributed by atoms with Crippen LogP contribution in [0.4, 0.5) is 0 Å². The fourth-order valence-corrected chi connectivity index (χ4v) is 4.01. The van der Waals surface area contributed by atoms with Crippen molar-refractivity contribution in [3.05, 3.63) is 35.4 Å². The van der Waals surface area contributed by atoms with Gasteiger partial charge in [-0.2, -0.15) is 0 Å². The molecule has 1 aromatic carbocycles. The van der Waals surface area contributed by atoms with Crippen LogP contribution < -0.4 is 11.1 Å². The number of nitrogens with one attached hydrogen (secondary N) is 1. The van der Waals surface area contributed by atoms with Crippen LogP contribution in [0.15, 0.2) is 24.3 Å². The monoisotopic (exact) mass is 329 g/mol. The zero-order valence-electron chi connectivity index (χ0n) is 14.1. The van der Waals surface area contributed by atoms with Gasteiger partial charge in [0.2, 0.25) is 12.3 Å². The number of nitrogens with zero attached hydrogens (tertiary/aromatic N) is 1. The van der Waals surface area contributed by atoms with Crippen molar-refractivity contribution in [2.45, 2.75) is 44.1 Å². The zero-order chi connectivity index (χ0) is 16.9. The summed E-state index contributed by atoms with van der Waals surface area (Å²) in [6.07, 6.45) is 5.91. The third-order valence-electron chi connectivity index (χ3n) is 5.55. The summed E-state index contributed by atoms with van der Waals surface area (Å²) in [5.41, 5.74) is 8.95. The normalized spacial score (nSPS) is 22.5. The summed E-state index contributed by atoms with van der Waals surface area (Å²) in [5.74, 6) is 0.505. The minimum absolute atomic E-state index is 0.0531. The molecule has 5 nitrogen and oxygen atoms in total. The number of carbonyl (C=O) groups excluding carboxylic acids is 2. The first-order valence-electron chi connectivity index (χ1n) is 8.99. The van der Waals surface area contributed by atoms with Gasteiger partial charge in [0.25, 0.3) is 0 Å². The van der Waals surface area contributed by atoms with Crippen LogP contribution in [-0.4, -0.2) is 42.9 Å². The van der Waals surface area contributed by atoms with E-state index < -0.39 is 6.04 Å². The lowest BCUT2D eigenvalue weighted by molar-refractivity contribution is -0.124. The first-order chi connectivity index (χ1) is 11.7. The molecular formula is C19H27N3O2. The van der Waals surface area contributed by atoms with Crippen molar-refractivity contribution in [2.24, 2.45) is 11.7 Å². The molecule has 130 valence electrons. The molecule has 3 N–H and O–H groups in total. The second-order valence-electron chi connectivity index (χ2n) is 7.04. The Morgan fingerprint density at radius 3 is 2.79 bits per heavy atom. The number of hydrogen-bond acceptors (Lipinski definition) is 3. The molecule has 2 aliphatic rings. The van der Waals surface area contributed by atoms with Crippen molar-refractivity contribution < 1.29 is 9.59 Å². The van der Waals surface area contributed by atoms with Crippen molar-refractivity contribution in [1.82, 2.24) is 10.2 Å². The van der Waals surface area contributed by atoms with E-state index in [-0.39, 0.29) is 11.8 Å². The lowest BCUT2D eigenvalue weighted by atomic mass is 9.82. The van der Waals surface area contributed by atoms with Gasteiger partial charge in [0, 0.05) is 25.6 Å². The van der Waals surface area contributed by atoms with Gasteiger partial charge in [-0.05, 0) is 49.1 Å². The van der Waals surface area contributed by atoms with E-state index in [0.717, 1.165) is 32.1 Å². The molecule has 0 saturated carbocycles. The zero-order valence-corrected chi connectivity index (χ0v) is 14.1. The summed E-state index contributed by atoms with van der Waals surface area (Å²) in [6.45, 7) is 2.06. The Labute approximate surface area is 143 Å². The molecule has 1 aliphatic heterocycles. The van der Waals surface area contributed by atoms with Crippen LogP contribution in [0, 0.1) is 5.92 Å². The molecule has 1 heterocycles. The molecule has 2 atom stereocenters. The first kappa shape index (κ1) is 17.0. The van der Waals surface area contributed by atoms with Gasteiger partial charge in [0.15, 0.2) is 0 Å². The van der Waals surface area contributed by atoms with Crippen LogP contribution in [-0.2, 0) is 16.0 Å². The molecule has 2 unspecified atom stereocenters. The number of amides is 2. The molecular weight excluding hydrogens is 302 g/mol. The standard InChI is InChI=1S/C19H27N3O2/c20-18(15-8-10-22(13-23)11-9-15)19(24)21-12-16-6-3-5-14-4-1-2-7-17(14)16/h1-2,4,7,13,15-16,18H,3,5-6,8-12,20H2,(H,21,24). The van der Waals surface area contributed by atoms with E-state index >= 15 is 0 Å². The number of aryl methyl sites for hydroxylation is 1. The van der Waals surface area contributed by atoms with Crippen molar-refractivity contribution in [1.29, 1.82) is 0 Å². The van der Waals surface area contributed by atoms with E-state index in [9.17, 15) is 9.59 Å². The van der Waals surface area contributed by atoms with Gasteiger partial charge in [0.1, 0.15) is 0 Å². The van der Waals surface area contributed by atoms with Crippen molar-refractivity contribution in [3.63, 3.8) is 0 Å². The number of nitrogens with two attached hydrogens (primary N) is 1. The van der Waals surface area contributed by atoms with Crippen LogP contribution in [0.3, 0.4) is 0 Å². The summed E-state index contributed by atoms with van der Waals surface area (Å²) in [4.78, 5) is 24.9. The largest absolute Gasteiger partial charge is 0.354 e. The van der Waals surface area contributed by atoms with Crippen molar-refractivity contribution in [2.75, 3.05) is 19.6 Å². The van der Waals surface area contributed by atoms with E-state index in [1.165, 1.54) is 17.5 Å². The lowest BCUT2D eigenvalue weighted by Gasteiger charge is -2.32. The maximum atomic E-state index is 12.4. The summed E-state index contributed by atoms with van der Waals surface area (Å²) in [7, 11) is 0. The number of likely N-dealkylation sites (tertiary alicyclic amines) is 1. The molecule has 1 saturated heterocycles. The predicted octanol–water partition coefficient (Wildman–Crippen LogP) is 1.42. The Bertz CT molecular complexity index is 582. The van der Waals surface area contributed by atoms with E-state index in [4.69, 9.17) is 5.73 Å². The molecule has 0 aromatic heterocycles. The second kappa shape index (κ2) is 7.79. The van der Waals surface area contributed by atoms with Gasteiger partial charge >= 0.3 is 0 Å². The predicted molar refractivity (Wildman–Crippen MR) is 93.5 cm³/mol. The van der Waals surface area contributed by atoms with E-state index in [1.54, 1.807) is 4.90 Å². The fraction of sp³-hybridized carbons (Fsp3) is 0.579. The number of carbonyl (C=O) groups is 2. The third-order valence-corrected chi connectivity index (χ3v) is 5.55. The van der Waals surface area contributed by atoms with Gasteiger partial charge < -0.3 is 16.0 Å². The molecule has 24 heavy (non-hydrogen) atoms. The van der Waals surface area contributed by atoms with Crippen molar-refractivity contribution in [3.8, 4) is 0 Å². The molecule has 1 fully saturated rings. The van der Waals surface area contributed by atoms with Crippen LogP contribution in [0.2, 0.25) is 0 Å². The minimum Gasteiger partial charge on any atom is -0.354 e. The highest BCUT2D eigenvalue weighted by atomic mass is 16.2. The average molecular weight is 329 g/mol. The summed E-state index contributed by atoms with van der Waals surface area (Å²) in [6, 6.07) is 8.06. The Morgan fingerprint density at radius 2 is 2.04 bits per heavy atom. The van der Waals surface area contributed by atoms with Gasteiger partial charge in [-0.25, -0.2) is 0 Å². The highest BCUT2D eigenvalue weighted by molar-refractivity contribution is 5.81. The van der Waals surface area contributed by atoms with Gasteiger partial charge in [-0.1, -0.05) is 24.3 Å². The first-order valence-corrected chi connectivity index (χ1v) is 8.99. The molecule has 1 aliphatic carbocycles. The van der Waals surface area contributed by atoms with Crippen molar-refractivity contribution >= 4 is 12.3 Å². The minimum atomic E-state index is -0.474. The van der Waals surface area contributed by atoms with Crippen LogP contribution in [0.5, 0.6) is 0 Å². The molecule has 2 amide bonds. The molecule has 0 bridgehead atoms. The second-order valence-corrected chi connectivity index (χ2v) is 7.04. The number of fused-ring (bicyclic) bond motifs is 1. The molecule has 1 aromatic rings. The smallest absolute Gasteiger partial charge is 0.237 e. The lowest BCUT2D eigenvalue weighted by Crippen LogP contribution is -2.49. The molecule has 3 rings (SSSR count). The summed E-state index contributed by atoms with van der Waals surface area (Å²) < 4.78 is 0. The maximum Gasteiger partial charge on any atom is 0.237 e. The number of hydrogen-bond donors (Lipinski definition) is 2. The summed E-state index contributed by atoms with van der Waals surface area (Å²) >= 11 is 0. The highest BCUT2D eigenvalue weighted by Gasteiger charge is 2.29. The van der Waals surface area contributed by atoms with Gasteiger partial charge in [0.05, 0.1) is 6.04 Å². The van der Waals surface area contributed by atoms with Crippen LogP contribution in [0.25, 0.3) is 0 Å². The quantitative estimate of drug-likeness (QED) is 0.802. The Hall–Kier alpha value is -1.88. The summed E-state index contributed by atoms with van der Waals surface area (Å²) in [5, 5.41) is 3.07. The van der Waals surface area contributed by atoms with Gasteiger partial charge in [-0.3, -0.25) is 9.59 Å². The Morgan fingerprint density at radius 1 is 1.29 bits per heavy atom. The molecule has 0 spiro atoms. The maximum absolute atomic E-state index is 12.4. The topological polar surface area (TPSA) is 75.4 Å². The van der Waals surface area contributed by atoms with Gasteiger partial charge in [-0.15, -0.1) is 0 Å². The van der Waals surface area contributed by atoms with E-state index in [2.05, 4.69) is 29.6 Å². The number of rotatable bonds is 5. The molecule has 5 heteroatoms. The third kappa shape index (κ3) is 3.78. The highest BCUT2D eigenvalue weighted by Crippen LogP contribution is 2.30. The Balaban J connectivity index is 1.52. The number of benzene rings is 1. The molecule has 0 radical (unpaired) electrons. The fourth-order valence-electron chi connectivity index (χ4n) is 4.01. The average Bonchev–Trinajstić information content (AvgIpc) is 2.65. The van der Waals surface area contributed by atoms with E-state index in [0.29, 0.717) is 25.6 Å².